The Labute approximate surface area is 359 Å². The maximum Gasteiger partial charge on any atom is 0.0726 e. The minimum Gasteiger partial charge on any atom is -0.310 e. The van der Waals surface area contributed by atoms with Crippen molar-refractivity contribution in [1.82, 2.24) is 0 Å². The molecule has 61 heavy (non-hydrogen) atoms. The lowest BCUT2D eigenvalue weighted by atomic mass is 9.70. The number of rotatable bonds is 5. The number of nitrogens with zero attached hydrogens (tertiary/aromatic N) is 1. The summed E-state index contributed by atoms with van der Waals surface area (Å²) in [7, 11) is 0. The molecule has 284 valence electrons. The van der Waals surface area contributed by atoms with Crippen LogP contribution in [0.4, 0.5) is 17.1 Å². The van der Waals surface area contributed by atoms with E-state index in [9.17, 15) is 0 Å². The van der Waals surface area contributed by atoms with Crippen LogP contribution in [0.5, 0.6) is 0 Å². The lowest BCUT2D eigenvalue weighted by Gasteiger charge is -2.32. The molecule has 10 aromatic carbocycles. The van der Waals surface area contributed by atoms with E-state index in [4.69, 9.17) is 0 Å². The van der Waals surface area contributed by atoms with Crippen molar-refractivity contribution >= 4 is 59.3 Å². The second-order valence-electron chi connectivity index (χ2n) is 16.4. The topological polar surface area (TPSA) is 3.24 Å². The van der Waals surface area contributed by atoms with Gasteiger partial charge in [-0.2, -0.15) is 0 Å². The number of benzene rings is 10. The van der Waals surface area contributed by atoms with E-state index in [2.05, 4.69) is 229 Å². The van der Waals surface area contributed by atoms with Gasteiger partial charge in [-0.3, -0.25) is 0 Å². The lowest BCUT2D eigenvalue weighted by Crippen LogP contribution is -2.26. The van der Waals surface area contributed by atoms with E-state index in [-0.39, 0.29) is 0 Å². The van der Waals surface area contributed by atoms with E-state index in [0.717, 1.165) is 17.1 Å². The van der Waals surface area contributed by atoms with Gasteiger partial charge in [0, 0.05) is 37.2 Å². The monoisotopic (exact) mass is 791 g/mol. The average molecular weight is 792 g/mol. The first-order valence-corrected chi connectivity index (χ1v) is 21.9. The van der Waals surface area contributed by atoms with Crippen molar-refractivity contribution in [2.24, 2.45) is 0 Å². The third kappa shape index (κ3) is 4.94. The SMILES string of the molecule is c1cc(-c2cccc3ccccc23)cc(N(c2cccc(-c3cccc4sc5ccccc5c34)c2)c2ccc3c(c2)C2(c4ccccc4-c4ccccc42)c2ccccc2-3)c1. The Morgan fingerprint density at radius 3 is 1.49 bits per heavy atom. The zero-order valence-corrected chi connectivity index (χ0v) is 34.0. The predicted octanol–water partition coefficient (Wildman–Crippen LogP) is 16.4. The molecule has 1 nitrogen and oxygen atoms in total. The molecule has 1 aromatic heterocycles. The zero-order valence-electron chi connectivity index (χ0n) is 33.2. The van der Waals surface area contributed by atoms with Gasteiger partial charge in [-0.15, -0.1) is 11.3 Å². The Hall–Kier alpha value is -7.52. The molecule has 0 bridgehead atoms. The van der Waals surface area contributed by atoms with E-state index in [1.165, 1.54) is 97.7 Å². The van der Waals surface area contributed by atoms with E-state index in [1.807, 2.05) is 11.3 Å². The van der Waals surface area contributed by atoms with Crippen molar-refractivity contribution in [3.8, 4) is 44.5 Å². The summed E-state index contributed by atoms with van der Waals surface area (Å²) in [5.74, 6) is 0. The molecule has 13 rings (SSSR count). The Kier molecular flexibility index (Phi) is 7.46. The number of hydrogen-bond acceptors (Lipinski definition) is 2. The standard InChI is InChI=1S/C59H37NS/c1-2-21-44-38(15-1)16-13-26-45(44)39-17-11-19-41(35-39)60(42-20-12-18-40(36-42)46-27-14-32-57-58(46)51-25-6-10-31-56(51)61-57)43-33-34-50-49-24-5-9-30-54(49)59(55(50)37-43)52-28-7-3-22-47(52)48-23-4-8-29-53(48)59/h1-37H. The maximum atomic E-state index is 2.50. The molecule has 2 aliphatic rings. The third-order valence-electron chi connectivity index (χ3n) is 13.3. The average Bonchev–Trinajstić information content (AvgIpc) is 3.96. The summed E-state index contributed by atoms with van der Waals surface area (Å²) in [4.78, 5) is 2.48. The number of fused-ring (bicyclic) bond motifs is 14. The lowest BCUT2D eigenvalue weighted by molar-refractivity contribution is 0.793. The Bertz CT molecular complexity index is 3500. The van der Waals surface area contributed by atoms with Gasteiger partial charge in [-0.25, -0.2) is 0 Å². The summed E-state index contributed by atoms with van der Waals surface area (Å²) >= 11 is 1.87. The minimum atomic E-state index is -0.441. The summed E-state index contributed by atoms with van der Waals surface area (Å²) in [5.41, 5.74) is 18.4. The number of anilines is 3. The van der Waals surface area contributed by atoms with Gasteiger partial charge in [0.2, 0.25) is 0 Å². The third-order valence-corrected chi connectivity index (χ3v) is 14.4. The van der Waals surface area contributed by atoms with Crippen LogP contribution in [0.25, 0.3) is 75.5 Å². The van der Waals surface area contributed by atoms with Crippen molar-refractivity contribution in [2.75, 3.05) is 4.90 Å². The molecule has 2 aliphatic carbocycles. The first-order valence-electron chi connectivity index (χ1n) is 21.1. The van der Waals surface area contributed by atoms with Gasteiger partial charge in [0.15, 0.2) is 0 Å². The highest BCUT2D eigenvalue weighted by molar-refractivity contribution is 7.25. The van der Waals surface area contributed by atoms with E-state index in [1.54, 1.807) is 0 Å². The minimum absolute atomic E-state index is 0.441. The first-order chi connectivity index (χ1) is 30.3. The summed E-state index contributed by atoms with van der Waals surface area (Å²) < 4.78 is 2.63. The summed E-state index contributed by atoms with van der Waals surface area (Å²) in [6.45, 7) is 0. The molecule has 1 heterocycles. The molecular weight excluding hydrogens is 755 g/mol. The molecule has 2 heteroatoms. The Morgan fingerprint density at radius 2 is 0.787 bits per heavy atom. The first kappa shape index (κ1) is 34.4. The fourth-order valence-corrected chi connectivity index (χ4v) is 11.9. The zero-order chi connectivity index (χ0) is 40.1. The van der Waals surface area contributed by atoms with Crippen LogP contribution in [0.15, 0.2) is 224 Å². The summed E-state index contributed by atoms with van der Waals surface area (Å²) in [5, 5.41) is 5.12. The van der Waals surface area contributed by atoms with Crippen molar-refractivity contribution in [1.29, 1.82) is 0 Å². The second kappa shape index (κ2) is 13.2. The molecule has 0 aliphatic heterocycles. The normalized spacial score (nSPS) is 13.0. The largest absolute Gasteiger partial charge is 0.310 e. The van der Waals surface area contributed by atoms with Gasteiger partial charge in [0.05, 0.1) is 5.41 Å². The Morgan fingerprint density at radius 1 is 0.311 bits per heavy atom. The quantitative estimate of drug-likeness (QED) is 0.168. The van der Waals surface area contributed by atoms with Crippen LogP contribution in [0.3, 0.4) is 0 Å². The van der Waals surface area contributed by atoms with Gasteiger partial charge >= 0.3 is 0 Å². The molecular formula is C59H37NS. The fraction of sp³-hybridized carbons (Fsp3) is 0.0169. The summed E-state index contributed by atoms with van der Waals surface area (Å²) in [6, 6.07) is 83.6. The van der Waals surface area contributed by atoms with Crippen LogP contribution in [-0.4, -0.2) is 0 Å². The Balaban J connectivity index is 1.06. The molecule has 0 unspecified atom stereocenters. The van der Waals surface area contributed by atoms with Gasteiger partial charge in [-0.1, -0.05) is 176 Å². The van der Waals surface area contributed by atoms with Crippen molar-refractivity contribution < 1.29 is 0 Å². The molecule has 0 amide bonds. The van der Waals surface area contributed by atoms with Crippen LogP contribution in [0, 0.1) is 0 Å². The van der Waals surface area contributed by atoms with Crippen molar-refractivity contribution in [3.63, 3.8) is 0 Å². The van der Waals surface area contributed by atoms with Crippen LogP contribution in [-0.2, 0) is 5.41 Å². The van der Waals surface area contributed by atoms with Gasteiger partial charge < -0.3 is 4.90 Å². The molecule has 0 radical (unpaired) electrons. The smallest absolute Gasteiger partial charge is 0.0726 e. The van der Waals surface area contributed by atoms with Gasteiger partial charge in [0.1, 0.15) is 0 Å². The van der Waals surface area contributed by atoms with Crippen LogP contribution in [0.1, 0.15) is 22.3 Å². The van der Waals surface area contributed by atoms with E-state index in [0.29, 0.717) is 0 Å². The van der Waals surface area contributed by atoms with Crippen molar-refractivity contribution in [3.05, 3.63) is 247 Å². The maximum absolute atomic E-state index is 2.50. The van der Waals surface area contributed by atoms with Crippen LogP contribution >= 0.6 is 11.3 Å². The molecule has 0 saturated carbocycles. The molecule has 0 atom stereocenters. The predicted molar refractivity (Wildman–Crippen MR) is 259 cm³/mol. The van der Waals surface area contributed by atoms with Crippen LogP contribution in [0.2, 0.25) is 0 Å². The van der Waals surface area contributed by atoms with E-state index < -0.39 is 5.41 Å². The highest BCUT2D eigenvalue weighted by Gasteiger charge is 2.51. The second-order valence-corrected chi connectivity index (χ2v) is 17.4. The molecule has 0 fully saturated rings. The fourth-order valence-electron chi connectivity index (χ4n) is 10.8. The highest BCUT2D eigenvalue weighted by Crippen LogP contribution is 2.63. The molecule has 0 saturated heterocycles. The van der Waals surface area contributed by atoms with Crippen LogP contribution < -0.4 is 4.90 Å². The highest BCUT2D eigenvalue weighted by atomic mass is 32.1. The number of thiophene rings is 1. The molecule has 0 N–H and O–H groups in total. The van der Waals surface area contributed by atoms with Crippen molar-refractivity contribution in [2.45, 2.75) is 5.41 Å². The van der Waals surface area contributed by atoms with Gasteiger partial charge in [-0.05, 0) is 126 Å². The number of hydrogen-bond donors (Lipinski definition) is 0. The summed E-state index contributed by atoms with van der Waals surface area (Å²) in [6.07, 6.45) is 0. The molecule has 11 aromatic rings. The molecule has 1 spiro atoms. The van der Waals surface area contributed by atoms with E-state index >= 15 is 0 Å². The van der Waals surface area contributed by atoms with Gasteiger partial charge in [0.25, 0.3) is 0 Å².